The van der Waals surface area contributed by atoms with Gasteiger partial charge >= 0.3 is 0 Å². The Morgan fingerprint density at radius 2 is 2.32 bits per heavy atom. The SMILES string of the molecule is Cc1csc(NC(=O)CN(C)CC2CCNCC2)n1. The molecule has 0 saturated carbocycles. The Morgan fingerprint density at radius 1 is 1.58 bits per heavy atom. The highest BCUT2D eigenvalue weighted by atomic mass is 32.1. The van der Waals surface area contributed by atoms with Crippen LogP contribution in [0.5, 0.6) is 0 Å². The van der Waals surface area contributed by atoms with Gasteiger partial charge < -0.3 is 10.6 Å². The Kier molecular flexibility index (Phi) is 5.30. The van der Waals surface area contributed by atoms with Gasteiger partial charge in [-0.3, -0.25) is 9.69 Å². The second kappa shape index (κ2) is 6.98. The van der Waals surface area contributed by atoms with E-state index in [1.807, 2.05) is 19.4 Å². The van der Waals surface area contributed by atoms with Crippen molar-refractivity contribution in [2.24, 2.45) is 5.92 Å². The highest BCUT2D eigenvalue weighted by Gasteiger charge is 2.16. The number of aryl methyl sites for hydroxylation is 1. The lowest BCUT2D eigenvalue weighted by Crippen LogP contribution is -2.37. The number of nitrogens with zero attached hydrogens (tertiary/aromatic N) is 2. The first-order valence-electron chi connectivity index (χ1n) is 6.74. The van der Waals surface area contributed by atoms with E-state index in [0.717, 1.165) is 25.3 Å². The Balaban J connectivity index is 1.71. The molecule has 1 aromatic heterocycles. The summed E-state index contributed by atoms with van der Waals surface area (Å²) in [7, 11) is 2.01. The van der Waals surface area contributed by atoms with Crippen LogP contribution in [0.2, 0.25) is 0 Å². The lowest BCUT2D eigenvalue weighted by atomic mass is 9.98. The van der Waals surface area contributed by atoms with E-state index in [-0.39, 0.29) is 5.91 Å². The number of hydrogen-bond donors (Lipinski definition) is 2. The predicted molar refractivity (Wildman–Crippen MR) is 78.6 cm³/mol. The summed E-state index contributed by atoms with van der Waals surface area (Å²) in [5.41, 5.74) is 0.948. The van der Waals surface area contributed by atoms with E-state index in [1.54, 1.807) is 0 Å². The summed E-state index contributed by atoms with van der Waals surface area (Å²) in [4.78, 5) is 18.2. The zero-order chi connectivity index (χ0) is 13.7. The first kappa shape index (κ1) is 14.4. The highest BCUT2D eigenvalue weighted by molar-refractivity contribution is 7.13. The van der Waals surface area contributed by atoms with Gasteiger partial charge in [0.2, 0.25) is 5.91 Å². The lowest BCUT2D eigenvalue weighted by molar-refractivity contribution is -0.117. The minimum Gasteiger partial charge on any atom is -0.317 e. The van der Waals surface area contributed by atoms with E-state index < -0.39 is 0 Å². The van der Waals surface area contributed by atoms with Crippen LogP contribution in [0.25, 0.3) is 0 Å². The molecule has 0 bridgehead atoms. The number of carbonyl (C=O) groups is 1. The fraction of sp³-hybridized carbons (Fsp3) is 0.692. The van der Waals surface area contributed by atoms with Crippen LogP contribution in [-0.2, 0) is 4.79 Å². The third kappa shape index (κ3) is 4.89. The van der Waals surface area contributed by atoms with Crippen molar-refractivity contribution in [3.8, 4) is 0 Å². The third-order valence-corrected chi connectivity index (χ3v) is 4.18. The van der Waals surface area contributed by atoms with E-state index in [2.05, 4.69) is 20.5 Å². The summed E-state index contributed by atoms with van der Waals surface area (Å²) < 4.78 is 0. The van der Waals surface area contributed by atoms with Crippen molar-refractivity contribution in [1.29, 1.82) is 0 Å². The van der Waals surface area contributed by atoms with Crippen LogP contribution in [0.15, 0.2) is 5.38 Å². The van der Waals surface area contributed by atoms with Crippen molar-refractivity contribution < 1.29 is 4.79 Å². The molecule has 2 heterocycles. The predicted octanol–water partition coefficient (Wildman–Crippen LogP) is 1.32. The minimum absolute atomic E-state index is 0.0192. The fourth-order valence-corrected chi connectivity index (χ4v) is 3.09. The van der Waals surface area contributed by atoms with Crippen molar-refractivity contribution in [3.63, 3.8) is 0 Å². The molecule has 2 rings (SSSR count). The molecule has 106 valence electrons. The summed E-state index contributed by atoms with van der Waals surface area (Å²) in [6, 6.07) is 0. The summed E-state index contributed by atoms with van der Waals surface area (Å²) in [5, 5.41) is 8.84. The molecular formula is C13H22N4OS. The number of likely N-dealkylation sites (N-methyl/N-ethyl adjacent to an activating group) is 1. The van der Waals surface area contributed by atoms with Crippen LogP contribution in [0.1, 0.15) is 18.5 Å². The molecule has 2 N–H and O–H groups in total. The number of carbonyl (C=O) groups excluding carboxylic acids is 1. The molecule has 0 aromatic carbocycles. The summed E-state index contributed by atoms with van der Waals surface area (Å²) in [6.45, 7) is 5.55. The van der Waals surface area contributed by atoms with Gasteiger partial charge in [0.25, 0.3) is 0 Å². The Hall–Kier alpha value is -0.980. The second-order valence-electron chi connectivity index (χ2n) is 5.23. The highest BCUT2D eigenvalue weighted by Crippen LogP contribution is 2.15. The molecule has 6 heteroatoms. The molecule has 0 unspecified atom stereocenters. The maximum absolute atomic E-state index is 11.9. The van der Waals surface area contributed by atoms with E-state index in [1.165, 1.54) is 24.2 Å². The van der Waals surface area contributed by atoms with Crippen molar-refractivity contribution in [2.75, 3.05) is 38.5 Å². The molecule has 0 aliphatic carbocycles. The Labute approximate surface area is 118 Å². The van der Waals surface area contributed by atoms with Gasteiger partial charge in [-0.1, -0.05) is 0 Å². The standard InChI is InChI=1S/C13H22N4OS/c1-10-9-19-13(15-10)16-12(18)8-17(2)7-11-3-5-14-6-4-11/h9,11,14H,3-8H2,1-2H3,(H,15,16,18). The normalized spacial score (nSPS) is 16.8. The molecular weight excluding hydrogens is 260 g/mol. The second-order valence-corrected chi connectivity index (χ2v) is 6.09. The smallest absolute Gasteiger partial charge is 0.240 e. The molecule has 1 aliphatic heterocycles. The number of rotatable bonds is 5. The van der Waals surface area contributed by atoms with Crippen LogP contribution < -0.4 is 10.6 Å². The third-order valence-electron chi connectivity index (χ3n) is 3.31. The Morgan fingerprint density at radius 3 is 2.95 bits per heavy atom. The summed E-state index contributed by atoms with van der Waals surface area (Å²) >= 11 is 1.47. The van der Waals surface area contributed by atoms with Crippen LogP contribution in [0.4, 0.5) is 5.13 Å². The molecule has 0 spiro atoms. The van der Waals surface area contributed by atoms with Crippen LogP contribution >= 0.6 is 11.3 Å². The lowest BCUT2D eigenvalue weighted by Gasteiger charge is -2.27. The number of piperidine rings is 1. The van der Waals surface area contributed by atoms with E-state index >= 15 is 0 Å². The monoisotopic (exact) mass is 282 g/mol. The minimum atomic E-state index is 0.0192. The van der Waals surface area contributed by atoms with Gasteiger partial charge in [0, 0.05) is 11.9 Å². The first-order chi connectivity index (χ1) is 9.13. The average molecular weight is 282 g/mol. The number of nitrogens with one attached hydrogen (secondary N) is 2. The number of hydrogen-bond acceptors (Lipinski definition) is 5. The molecule has 19 heavy (non-hydrogen) atoms. The largest absolute Gasteiger partial charge is 0.317 e. The van der Waals surface area contributed by atoms with Gasteiger partial charge in [-0.15, -0.1) is 11.3 Å². The number of thiazole rings is 1. The molecule has 1 aromatic rings. The van der Waals surface area contributed by atoms with Crippen LogP contribution in [0, 0.1) is 12.8 Å². The van der Waals surface area contributed by atoms with E-state index in [9.17, 15) is 4.79 Å². The van der Waals surface area contributed by atoms with E-state index in [0.29, 0.717) is 17.6 Å². The molecule has 0 radical (unpaired) electrons. The molecule has 0 atom stereocenters. The quantitative estimate of drug-likeness (QED) is 0.855. The van der Waals surface area contributed by atoms with Gasteiger partial charge in [0.1, 0.15) is 0 Å². The van der Waals surface area contributed by atoms with Crippen molar-refractivity contribution in [3.05, 3.63) is 11.1 Å². The average Bonchev–Trinajstić information content (AvgIpc) is 2.75. The van der Waals surface area contributed by atoms with Crippen molar-refractivity contribution in [2.45, 2.75) is 19.8 Å². The summed E-state index contributed by atoms with van der Waals surface area (Å²) in [6.07, 6.45) is 2.41. The van der Waals surface area contributed by atoms with Gasteiger partial charge in [0.15, 0.2) is 5.13 Å². The maximum Gasteiger partial charge on any atom is 0.240 e. The first-order valence-corrected chi connectivity index (χ1v) is 7.62. The summed E-state index contributed by atoms with van der Waals surface area (Å²) in [5.74, 6) is 0.729. The van der Waals surface area contributed by atoms with E-state index in [4.69, 9.17) is 0 Å². The maximum atomic E-state index is 11.9. The topological polar surface area (TPSA) is 57.3 Å². The molecule has 1 saturated heterocycles. The van der Waals surface area contributed by atoms with Gasteiger partial charge in [-0.2, -0.15) is 0 Å². The number of anilines is 1. The fourth-order valence-electron chi connectivity index (χ4n) is 2.38. The zero-order valence-electron chi connectivity index (χ0n) is 11.6. The van der Waals surface area contributed by atoms with Crippen molar-refractivity contribution in [1.82, 2.24) is 15.2 Å². The molecule has 5 nitrogen and oxygen atoms in total. The van der Waals surface area contributed by atoms with Crippen molar-refractivity contribution >= 4 is 22.4 Å². The molecule has 1 aliphatic rings. The number of amides is 1. The van der Waals surface area contributed by atoms with Gasteiger partial charge in [-0.05, 0) is 45.8 Å². The Bertz CT molecular complexity index is 415. The van der Waals surface area contributed by atoms with Gasteiger partial charge in [-0.25, -0.2) is 4.98 Å². The number of aromatic nitrogens is 1. The van der Waals surface area contributed by atoms with Crippen LogP contribution in [-0.4, -0.2) is 49.0 Å². The zero-order valence-corrected chi connectivity index (χ0v) is 12.4. The molecule has 1 amide bonds. The molecule has 1 fully saturated rings. The van der Waals surface area contributed by atoms with Crippen LogP contribution in [0.3, 0.4) is 0 Å². The van der Waals surface area contributed by atoms with Gasteiger partial charge in [0.05, 0.1) is 12.2 Å².